The van der Waals surface area contributed by atoms with E-state index in [0.717, 1.165) is 36.3 Å². The molecule has 0 spiro atoms. The summed E-state index contributed by atoms with van der Waals surface area (Å²) in [5.41, 5.74) is 7.18. The average Bonchev–Trinajstić information content (AvgIpc) is 2.51. The van der Waals surface area contributed by atoms with Gasteiger partial charge in [0.1, 0.15) is 12.4 Å². The second kappa shape index (κ2) is 7.43. The molecule has 0 heterocycles. The molecule has 0 radical (unpaired) electrons. The molecule has 0 bridgehead atoms. The second-order valence-corrected chi connectivity index (χ2v) is 5.37. The maximum absolute atomic E-state index is 6.12. The van der Waals surface area contributed by atoms with Gasteiger partial charge in [-0.05, 0) is 25.4 Å². The molecule has 2 N–H and O–H groups in total. The third kappa shape index (κ3) is 3.74. The largest absolute Gasteiger partial charge is 0.491 e. The number of likely N-dealkylation sites (N-methyl/N-ethyl adjacent to an activating group) is 1. The van der Waals surface area contributed by atoms with Gasteiger partial charge in [0, 0.05) is 23.5 Å². The molecule has 2 aromatic carbocycles. The first-order valence-electron chi connectivity index (χ1n) is 7.79. The van der Waals surface area contributed by atoms with Crippen molar-refractivity contribution in [1.82, 2.24) is 4.90 Å². The van der Waals surface area contributed by atoms with Gasteiger partial charge in [0.05, 0.1) is 0 Å². The number of benzene rings is 2. The summed E-state index contributed by atoms with van der Waals surface area (Å²) in [6, 6.07) is 12.5. The fourth-order valence-corrected chi connectivity index (χ4v) is 2.60. The van der Waals surface area contributed by atoms with Gasteiger partial charge in [0.15, 0.2) is 0 Å². The molecule has 0 fully saturated rings. The quantitative estimate of drug-likeness (QED) is 0.845. The molecule has 0 saturated heterocycles. The molecule has 0 saturated carbocycles. The maximum atomic E-state index is 6.12. The Balaban J connectivity index is 2.25. The van der Waals surface area contributed by atoms with Gasteiger partial charge in [-0.3, -0.25) is 0 Å². The maximum Gasteiger partial charge on any atom is 0.131 e. The van der Waals surface area contributed by atoms with Crippen LogP contribution in [0.1, 0.15) is 32.4 Å². The van der Waals surface area contributed by atoms with Crippen LogP contribution in [-0.2, 0) is 0 Å². The van der Waals surface area contributed by atoms with Crippen molar-refractivity contribution < 1.29 is 4.74 Å². The highest BCUT2D eigenvalue weighted by Gasteiger charge is 2.12. The predicted octanol–water partition coefficient (Wildman–Crippen LogP) is 3.58. The number of nitrogens with two attached hydrogens (primary N) is 1. The number of hydrogen-bond acceptors (Lipinski definition) is 3. The van der Waals surface area contributed by atoms with E-state index in [-0.39, 0.29) is 6.04 Å². The van der Waals surface area contributed by atoms with Gasteiger partial charge in [-0.1, -0.05) is 50.2 Å². The van der Waals surface area contributed by atoms with Crippen LogP contribution in [0.5, 0.6) is 5.75 Å². The van der Waals surface area contributed by atoms with Crippen molar-refractivity contribution in [3.05, 3.63) is 42.0 Å². The second-order valence-electron chi connectivity index (χ2n) is 5.37. The summed E-state index contributed by atoms with van der Waals surface area (Å²) in [7, 11) is 0. The first kappa shape index (κ1) is 15.8. The summed E-state index contributed by atoms with van der Waals surface area (Å²) in [4.78, 5) is 2.36. The third-order valence-corrected chi connectivity index (χ3v) is 3.95. The number of nitrogens with zero attached hydrogens (tertiary/aromatic N) is 1. The summed E-state index contributed by atoms with van der Waals surface area (Å²) >= 11 is 0. The van der Waals surface area contributed by atoms with E-state index in [1.165, 1.54) is 5.39 Å². The highest BCUT2D eigenvalue weighted by atomic mass is 16.5. The summed E-state index contributed by atoms with van der Waals surface area (Å²) < 4.78 is 6.12. The van der Waals surface area contributed by atoms with Gasteiger partial charge in [0.25, 0.3) is 0 Å². The highest BCUT2D eigenvalue weighted by Crippen LogP contribution is 2.32. The van der Waals surface area contributed by atoms with Crippen LogP contribution in [0, 0.1) is 0 Å². The van der Waals surface area contributed by atoms with Crippen molar-refractivity contribution in [1.29, 1.82) is 0 Å². The van der Waals surface area contributed by atoms with E-state index in [9.17, 15) is 0 Å². The van der Waals surface area contributed by atoms with E-state index < -0.39 is 0 Å². The molecular weight excluding hydrogens is 260 g/mol. The lowest BCUT2D eigenvalue weighted by Gasteiger charge is -2.20. The molecule has 1 atom stereocenters. The molecule has 2 rings (SSSR count). The molecule has 0 aromatic heterocycles. The summed E-state index contributed by atoms with van der Waals surface area (Å²) in [5, 5.41) is 2.34. The van der Waals surface area contributed by atoms with E-state index in [4.69, 9.17) is 10.5 Å². The van der Waals surface area contributed by atoms with E-state index in [0.29, 0.717) is 6.61 Å². The minimum Gasteiger partial charge on any atom is -0.491 e. The fourth-order valence-electron chi connectivity index (χ4n) is 2.60. The highest BCUT2D eigenvalue weighted by molar-refractivity contribution is 5.89. The lowest BCUT2D eigenvalue weighted by atomic mass is 10.0. The molecule has 0 aliphatic carbocycles. The predicted molar refractivity (Wildman–Crippen MR) is 89.8 cm³/mol. The van der Waals surface area contributed by atoms with Crippen LogP contribution >= 0.6 is 0 Å². The lowest BCUT2D eigenvalue weighted by molar-refractivity contribution is 0.223. The molecule has 2 aromatic rings. The normalized spacial score (nSPS) is 12.8. The van der Waals surface area contributed by atoms with Crippen molar-refractivity contribution in [2.75, 3.05) is 26.2 Å². The molecule has 0 aliphatic rings. The molecule has 0 unspecified atom stereocenters. The smallest absolute Gasteiger partial charge is 0.131 e. The Morgan fingerprint density at radius 1 is 1.10 bits per heavy atom. The molecule has 21 heavy (non-hydrogen) atoms. The summed E-state index contributed by atoms with van der Waals surface area (Å²) in [6.07, 6.45) is 0. The lowest BCUT2D eigenvalue weighted by Crippen LogP contribution is -2.28. The van der Waals surface area contributed by atoms with E-state index in [1.807, 2.05) is 19.1 Å². The van der Waals surface area contributed by atoms with Gasteiger partial charge in [-0.25, -0.2) is 0 Å². The number of ether oxygens (including phenoxy) is 1. The van der Waals surface area contributed by atoms with Crippen molar-refractivity contribution in [2.45, 2.75) is 26.8 Å². The Kier molecular flexibility index (Phi) is 5.59. The van der Waals surface area contributed by atoms with Crippen LogP contribution in [0.4, 0.5) is 0 Å². The van der Waals surface area contributed by atoms with Crippen LogP contribution in [0.25, 0.3) is 10.8 Å². The number of fused-ring (bicyclic) bond motifs is 1. The van der Waals surface area contributed by atoms with E-state index in [1.54, 1.807) is 0 Å². The Hall–Kier alpha value is -1.58. The van der Waals surface area contributed by atoms with Crippen LogP contribution < -0.4 is 10.5 Å². The monoisotopic (exact) mass is 286 g/mol. The van der Waals surface area contributed by atoms with Crippen molar-refractivity contribution in [3.8, 4) is 5.75 Å². The molecule has 0 amide bonds. The Morgan fingerprint density at radius 2 is 1.81 bits per heavy atom. The minimum atomic E-state index is -0.0296. The first-order valence-corrected chi connectivity index (χ1v) is 7.79. The molecule has 3 nitrogen and oxygen atoms in total. The Morgan fingerprint density at radius 3 is 2.48 bits per heavy atom. The van der Waals surface area contributed by atoms with Crippen LogP contribution in [-0.4, -0.2) is 31.1 Å². The Labute approximate surface area is 127 Å². The molecule has 3 heteroatoms. The fraction of sp³-hybridized carbons (Fsp3) is 0.444. The Bertz CT molecular complexity index is 576. The van der Waals surface area contributed by atoms with Crippen LogP contribution in [0.15, 0.2) is 36.4 Å². The van der Waals surface area contributed by atoms with E-state index >= 15 is 0 Å². The number of hydrogen-bond donors (Lipinski definition) is 1. The van der Waals surface area contributed by atoms with Crippen molar-refractivity contribution in [2.24, 2.45) is 5.73 Å². The zero-order valence-electron chi connectivity index (χ0n) is 13.3. The van der Waals surface area contributed by atoms with Crippen LogP contribution in [0.2, 0.25) is 0 Å². The van der Waals surface area contributed by atoms with Gasteiger partial charge in [-0.15, -0.1) is 0 Å². The van der Waals surface area contributed by atoms with E-state index in [2.05, 4.69) is 43.0 Å². The SMILES string of the molecule is CCN(CC)CCOc1c([C@@H](C)N)ccc2ccccc12. The standard InChI is InChI=1S/C18H26N2O/c1-4-20(5-2)12-13-21-18-16(14(3)19)11-10-15-8-6-7-9-17(15)18/h6-11,14H,4-5,12-13,19H2,1-3H3/t14-/m1/s1. The zero-order valence-corrected chi connectivity index (χ0v) is 13.3. The minimum absolute atomic E-state index is 0.0296. The van der Waals surface area contributed by atoms with Gasteiger partial charge in [-0.2, -0.15) is 0 Å². The van der Waals surface area contributed by atoms with Gasteiger partial charge >= 0.3 is 0 Å². The average molecular weight is 286 g/mol. The molecule has 114 valence electrons. The van der Waals surface area contributed by atoms with Gasteiger partial charge in [0.2, 0.25) is 0 Å². The summed E-state index contributed by atoms with van der Waals surface area (Å²) in [6.45, 7) is 10.1. The van der Waals surface area contributed by atoms with Crippen molar-refractivity contribution >= 4 is 10.8 Å². The van der Waals surface area contributed by atoms with Crippen molar-refractivity contribution in [3.63, 3.8) is 0 Å². The topological polar surface area (TPSA) is 38.5 Å². The zero-order chi connectivity index (χ0) is 15.2. The summed E-state index contributed by atoms with van der Waals surface area (Å²) in [5.74, 6) is 0.940. The van der Waals surface area contributed by atoms with Crippen LogP contribution in [0.3, 0.4) is 0 Å². The first-order chi connectivity index (χ1) is 10.2. The molecular formula is C18H26N2O. The molecule has 0 aliphatic heterocycles. The van der Waals surface area contributed by atoms with Gasteiger partial charge < -0.3 is 15.4 Å². The number of rotatable bonds is 7. The third-order valence-electron chi connectivity index (χ3n) is 3.95.